The summed E-state index contributed by atoms with van der Waals surface area (Å²) in [6.45, 7) is -0.258. The van der Waals surface area contributed by atoms with Crippen molar-refractivity contribution in [3.8, 4) is 0 Å². The summed E-state index contributed by atoms with van der Waals surface area (Å²) in [7, 11) is 0. The lowest BCUT2D eigenvalue weighted by molar-refractivity contribution is 0.0555. The summed E-state index contributed by atoms with van der Waals surface area (Å²) >= 11 is 0. The number of halogens is 1. The van der Waals surface area contributed by atoms with E-state index in [0.29, 0.717) is 11.1 Å². The van der Waals surface area contributed by atoms with Crippen LogP contribution in [-0.2, 0) is 0 Å². The van der Waals surface area contributed by atoms with Crippen LogP contribution in [0, 0.1) is 5.82 Å². The first kappa shape index (κ1) is 14.4. The van der Waals surface area contributed by atoms with E-state index in [4.69, 9.17) is 0 Å². The van der Waals surface area contributed by atoms with Crippen molar-refractivity contribution in [1.29, 1.82) is 0 Å². The normalized spacial score (nSPS) is 15.1. The number of nitrogens with zero attached hydrogens (tertiary/aromatic N) is 1. The zero-order chi connectivity index (χ0) is 15.7. The van der Waals surface area contributed by atoms with Crippen molar-refractivity contribution in [3.05, 3.63) is 71.0 Å². The molecule has 0 saturated carbocycles. The number of amides is 2. The van der Waals surface area contributed by atoms with Gasteiger partial charge < -0.3 is 5.11 Å². The third-order valence-corrected chi connectivity index (χ3v) is 3.80. The molecule has 0 saturated heterocycles. The van der Waals surface area contributed by atoms with Crippen molar-refractivity contribution in [2.24, 2.45) is 0 Å². The molecule has 5 heteroatoms. The van der Waals surface area contributed by atoms with E-state index in [1.54, 1.807) is 30.3 Å². The quantitative estimate of drug-likeness (QED) is 0.883. The molecule has 0 aliphatic carbocycles. The van der Waals surface area contributed by atoms with Crippen LogP contribution >= 0.6 is 0 Å². The van der Waals surface area contributed by atoms with Crippen molar-refractivity contribution in [2.75, 3.05) is 6.61 Å². The van der Waals surface area contributed by atoms with E-state index in [0.717, 1.165) is 4.90 Å². The smallest absolute Gasteiger partial charge is 0.262 e. The molecule has 0 radical (unpaired) electrons. The van der Waals surface area contributed by atoms with Crippen LogP contribution in [0.3, 0.4) is 0 Å². The van der Waals surface area contributed by atoms with E-state index in [1.807, 2.05) is 0 Å². The maximum Gasteiger partial charge on any atom is 0.262 e. The van der Waals surface area contributed by atoms with Crippen LogP contribution in [0.4, 0.5) is 4.39 Å². The number of hydrogen-bond acceptors (Lipinski definition) is 3. The lowest BCUT2D eigenvalue weighted by atomic mass is 10.0. The van der Waals surface area contributed by atoms with Crippen molar-refractivity contribution >= 4 is 11.8 Å². The van der Waals surface area contributed by atoms with Gasteiger partial charge in [0.25, 0.3) is 11.8 Å². The van der Waals surface area contributed by atoms with Gasteiger partial charge in [0.1, 0.15) is 5.82 Å². The Balaban J connectivity index is 2.06. The van der Waals surface area contributed by atoms with Gasteiger partial charge in [-0.1, -0.05) is 30.3 Å². The minimum Gasteiger partial charge on any atom is -0.396 e. The number of rotatable bonds is 4. The molecule has 0 spiro atoms. The Morgan fingerprint density at radius 3 is 2.05 bits per heavy atom. The fourth-order valence-corrected chi connectivity index (χ4v) is 2.78. The van der Waals surface area contributed by atoms with Gasteiger partial charge in [0.15, 0.2) is 0 Å². The molecule has 0 aromatic heterocycles. The highest BCUT2D eigenvalue weighted by molar-refractivity contribution is 6.21. The number of carbonyl (C=O) groups is 2. The van der Waals surface area contributed by atoms with Crippen molar-refractivity contribution in [3.63, 3.8) is 0 Å². The molecule has 1 heterocycles. The summed E-state index contributed by atoms with van der Waals surface area (Å²) in [5.41, 5.74) is 0.851. The molecule has 3 rings (SSSR count). The molecule has 2 amide bonds. The second kappa shape index (κ2) is 5.69. The fourth-order valence-electron chi connectivity index (χ4n) is 2.78. The Labute approximate surface area is 126 Å². The topological polar surface area (TPSA) is 57.6 Å². The van der Waals surface area contributed by atoms with E-state index in [1.165, 1.54) is 18.2 Å². The molecular weight excluding hydrogens is 285 g/mol. The standard InChI is InChI=1S/C17H14FNO3/c18-14-8-4-3-7-13(14)15(9-10-20)19-16(21)11-5-1-2-6-12(11)17(19)22/h1-8,15,20H,9-10H2. The van der Waals surface area contributed by atoms with Crippen LogP contribution in [0.25, 0.3) is 0 Å². The fraction of sp³-hybridized carbons (Fsp3) is 0.176. The highest BCUT2D eigenvalue weighted by Crippen LogP contribution is 2.34. The molecule has 0 bridgehead atoms. The van der Waals surface area contributed by atoms with Gasteiger partial charge in [-0.2, -0.15) is 0 Å². The third-order valence-electron chi connectivity index (χ3n) is 3.80. The van der Waals surface area contributed by atoms with Crippen LogP contribution in [0.1, 0.15) is 38.7 Å². The Morgan fingerprint density at radius 1 is 0.955 bits per heavy atom. The van der Waals surface area contributed by atoms with Gasteiger partial charge in [0.2, 0.25) is 0 Å². The highest BCUT2D eigenvalue weighted by atomic mass is 19.1. The summed E-state index contributed by atoms with van der Waals surface area (Å²) < 4.78 is 14.1. The van der Waals surface area contributed by atoms with Crippen LogP contribution in [-0.4, -0.2) is 28.4 Å². The SMILES string of the molecule is O=C1c2ccccc2C(=O)N1C(CCO)c1ccccc1F. The van der Waals surface area contributed by atoms with Crippen LogP contribution in [0.2, 0.25) is 0 Å². The number of benzene rings is 2. The summed E-state index contributed by atoms with van der Waals surface area (Å²) in [4.78, 5) is 26.1. The molecule has 1 aliphatic heterocycles. The van der Waals surface area contributed by atoms with Gasteiger partial charge in [-0.3, -0.25) is 14.5 Å². The third kappa shape index (κ3) is 2.19. The van der Waals surface area contributed by atoms with Crippen LogP contribution < -0.4 is 0 Å². The Kier molecular flexibility index (Phi) is 3.73. The average molecular weight is 299 g/mol. The Bertz CT molecular complexity index is 709. The first-order valence-electron chi connectivity index (χ1n) is 6.97. The van der Waals surface area contributed by atoms with Crippen molar-refractivity contribution in [2.45, 2.75) is 12.5 Å². The first-order chi connectivity index (χ1) is 10.6. The molecule has 0 fully saturated rings. The van der Waals surface area contributed by atoms with Gasteiger partial charge in [-0.25, -0.2) is 4.39 Å². The average Bonchev–Trinajstić information content (AvgIpc) is 2.78. The van der Waals surface area contributed by atoms with Gasteiger partial charge in [0, 0.05) is 12.2 Å². The molecular formula is C17H14FNO3. The largest absolute Gasteiger partial charge is 0.396 e. The van der Waals surface area contributed by atoms with E-state index < -0.39 is 23.7 Å². The van der Waals surface area contributed by atoms with E-state index in [2.05, 4.69) is 0 Å². The zero-order valence-electron chi connectivity index (χ0n) is 11.7. The lowest BCUT2D eigenvalue weighted by Gasteiger charge is -2.26. The maximum absolute atomic E-state index is 14.1. The lowest BCUT2D eigenvalue weighted by Crippen LogP contribution is -2.35. The molecule has 1 atom stereocenters. The number of fused-ring (bicyclic) bond motifs is 1. The van der Waals surface area contributed by atoms with Crippen LogP contribution in [0.5, 0.6) is 0 Å². The van der Waals surface area contributed by atoms with Gasteiger partial charge in [-0.05, 0) is 24.6 Å². The molecule has 4 nitrogen and oxygen atoms in total. The predicted molar refractivity (Wildman–Crippen MR) is 77.8 cm³/mol. The highest BCUT2D eigenvalue weighted by Gasteiger charge is 2.40. The summed E-state index contributed by atoms with van der Waals surface area (Å²) in [5, 5.41) is 9.27. The van der Waals surface area contributed by atoms with Gasteiger partial charge in [0.05, 0.1) is 17.2 Å². The maximum atomic E-state index is 14.1. The summed E-state index contributed by atoms with van der Waals surface area (Å²) in [6.07, 6.45) is 0.0897. The van der Waals surface area contributed by atoms with Gasteiger partial charge in [-0.15, -0.1) is 0 Å². The van der Waals surface area contributed by atoms with E-state index >= 15 is 0 Å². The minimum absolute atomic E-state index is 0.0897. The van der Waals surface area contributed by atoms with Crippen LogP contribution in [0.15, 0.2) is 48.5 Å². The van der Waals surface area contributed by atoms with Crippen molar-refractivity contribution < 1.29 is 19.1 Å². The molecule has 22 heavy (non-hydrogen) atoms. The molecule has 1 unspecified atom stereocenters. The number of carbonyl (C=O) groups excluding carboxylic acids is 2. The first-order valence-corrected chi connectivity index (χ1v) is 6.97. The minimum atomic E-state index is -0.821. The van der Waals surface area contributed by atoms with E-state index in [9.17, 15) is 19.1 Å². The summed E-state index contributed by atoms with van der Waals surface area (Å²) in [6, 6.07) is 11.7. The number of hydrogen-bond donors (Lipinski definition) is 1. The predicted octanol–water partition coefficient (Wildman–Crippen LogP) is 2.55. The zero-order valence-corrected chi connectivity index (χ0v) is 11.7. The number of imide groups is 1. The molecule has 1 N–H and O–H groups in total. The summed E-state index contributed by atoms with van der Waals surface area (Å²) in [5.74, 6) is -1.41. The monoisotopic (exact) mass is 299 g/mol. The molecule has 2 aromatic rings. The van der Waals surface area contributed by atoms with Gasteiger partial charge >= 0.3 is 0 Å². The number of aliphatic hydroxyl groups excluding tert-OH is 1. The van der Waals surface area contributed by atoms with Crippen molar-refractivity contribution in [1.82, 2.24) is 4.90 Å². The number of aliphatic hydroxyl groups is 1. The second-order valence-corrected chi connectivity index (χ2v) is 5.08. The molecule has 112 valence electrons. The van der Waals surface area contributed by atoms with E-state index in [-0.39, 0.29) is 18.6 Å². The Hall–Kier alpha value is -2.53. The Morgan fingerprint density at radius 2 is 1.50 bits per heavy atom. The molecule has 2 aromatic carbocycles. The second-order valence-electron chi connectivity index (χ2n) is 5.08. The molecule has 1 aliphatic rings.